The van der Waals surface area contributed by atoms with Crippen molar-refractivity contribution in [1.82, 2.24) is 29.3 Å². The molecule has 2 saturated heterocycles. The molecule has 0 radical (unpaired) electrons. The van der Waals surface area contributed by atoms with Crippen molar-refractivity contribution in [2.75, 3.05) is 24.5 Å². The van der Waals surface area contributed by atoms with Crippen LogP contribution in [0.1, 0.15) is 45.6 Å². The summed E-state index contributed by atoms with van der Waals surface area (Å²) in [7, 11) is 1.88. The van der Waals surface area contributed by atoms with E-state index in [-0.39, 0.29) is 16.9 Å². The van der Waals surface area contributed by atoms with E-state index in [0.29, 0.717) is 18.7 Å². The molecule has 0 aromatic carbocycles. The minimum atomic E-state index is -0.830. The third kappa shape index (κ3) is 4.26. The summed E-state index contributed by atoms with van der Waals surface area (Å²) in [6, 6.07) is 8.61. The Hall–Kier alpha value is -4.39. The molecule has 1 N–H and O–H groups in total. The van der Waals surface area contributed by atoms with E-state index in [1.807, 2.05) is 31.8 Å². The Kier molecular flexibility index (Phi) is 6.06. The lowest BCUT2D eigenvalue weighted by atomic mass is 9.65. The van der Waals surface area contributed by atoms with E-state index < -0.39 is 6.09 Å². The number of aryl methyl sites for hydroxylation is 1. The summed E-state index contributed by atoms with van der Waals surface area (Å²) in [6.07, 6.45) is 11.2. The molecular weight excluding hydrogens is 504 g/mol. The van der Waals surface area contributed by atoms with E-state index in [1.54, 1.807) is 20.3 Å². The van der Waals surface area contributed by atoms with Crippen LogP contribution in [-0.4, -0.2) is 66.2 Å². The van der Waals surface area contributed by atoms with Crippen LogP contribution in [0.3, 0.4) is 0 Å². The number of pyridine rings is 2. The van der Waals surface area contributed by atoms with Crippen molar-refractivity contribution in [2.45, 2.75) is 46.1 Å². The van der Waals surface area contributed by atoms with Gasteiger partial charge in [0, 0.05) is 79.0 Å². The van der Waals surface area contributed by atoms with E-state index in [2.05, 4.69) is 60.1 Å². The highest BCUT2D eigenvalue weighted by molar-refractivity contribution is 5.87. The molecular formula is C30H34N8O2. The lowest BCUT2D eigenvalue weighted by Gasteiger charge is -2.49. The fraction of sp³-hybridized carbons (Fsp3) is 0.433. The van der Waals surface area contributed by atoms with Crippen LogP contribution in [0.2, 0.25) is 0 Å². The minimum Gasteiger partial charge on any atom is -0.465 e. The second-order valence-electron chi connectivity index (χ2n) is 12.3. The van der Waals surface area contributed by atoms with Gasteiger partial charge in [-0.2, -0.15) is 15.5 Å². The summed E-state index contributed by atoms with van der Waals surface area (Å²) in [5, 5.41) is 28.3. The van der Waals surface area contributed by atoms with Gasteiger partial charge in [0.25, 0.3) is 0 Å². The molecule has 0 bridgehead atoms. The molecule has 6 heterocycles. The minimum absolute atomic E-state index is 0.0676. The first-order valence-electron chi connectivity index (χ1n) is 13.7. The number of nitriles is 1. The third-order valence-corrected chi connectivity index (χ3v) is 8.57. The first-order chi connectivity index (χ1) is 19.1. The van der Waals surface area contributed by atoms with Gasteiger partial charge in [0.15, 0.2) is 0 Å². The second kappa shape index (κ2) is 9.37. The quantitative estimate of drug-likeness (QED) is 0.388. The van der Waals surface area contributed by atoms with E-state index in [4.69, 9.17) is 4.98 Å². The van der Waals surface area contributed by atoms with Gasteiger partial charge in [-0.15, -0.1) is 0 Å². The lowest BCUT2D eigenvalue weighted by Crippen LogP contribution is -2.56. The number of anilines is 1. The van der Waals surface area contributed by atoms with Gasteiger partial charge in [-0.25, -0.2) is 14.3 Å². The monoisotopic (exact) mass is 538 g/mol. The number of aromatic nitrogens is 5. The Labute approximate surface area is 233 Å². The average molecular weight is 539 g/mol. The first-order valence-corrected chi connectivity index (χ1v) is 13.7. The lowest BCUT2D eigenvalue weighted by molar-refractivity contribution is 0.0455. The van der Waals surface area contributed by atoms with Crippen molar-refractivity contribution < 1.29 is 9.90 Å². The highest BCUT2D eigenvalue weighted by Crippen LogP contribution is 2.51. The Morgan fingerprint density at radius 2 is 1.90 bits per heavy atom. The largest absolute Gasteiger partial charge is 0.465 e. The van der Waals surface area contributed by atoms with Crippen LogP contribution in [0.5, 0.6) is 0 Å². The first kappa shape index (κ1) is 25.9. The Morgan fingerprint density at radius 3 is 2.55 bits per heavy atom. The predicted octanol–water partition coefficient (Wildman–Crippen LogP) is 5.05. The van der Waals surface area contributed by atoms with Gasteiger partial charge in [-0.3, -0.25) is 4.68 Å². The molecule has 4 aromatic heterocycles. The van der Waals surface area contributed by atoms with E-state index in [1.165, 1.54) is 0 Å². The zero-order valence-corrected chi connectivity index (χ0v) is 23.4. The number of hydrogen-bond donors (Lipinski definition) is 1. The van der Waals surface area contributed by atoms with Crippen LogP contribution in [0.25, 0.3) is 27.8 Å². The number of hydrogen-bond acceptors (Lipinski definition) is 6. The van der Waals surface area contributed by atoms with Gasteiger partial charge in [0.05, 0.1) is 23.5 Å². The molecule has 1 spiro atoms. The molecule has 0 saturated carbocycles. The molecule has 10 heteroatoms. The summed E-state index contributed by atoms with van der Waals surface area (Å²) in [4.78, 5) is 20.8. The molecule has 206 valence electrons. The van der Waals surface area contributed by atoms with Crippen LogP contribution >= 0.6 is 0 Å². The van der Waals surface area contributed by atoms with Crippen molar-refractivity contribution in [3.8, 4) is 28.3 Å². The number of piperidine rings is 1. The van der Waals surface area contributed by atoms with Crippen LogP contribution < -0.4 is 4.90 Å². The smallest absolute Gasteiger partial charge is 0.407 e. The molecule has 2 unspecified atom stereocenters. The van der Waals surface area contributed by atoms with E-state index >= 15 is 0 Å². The normalized spacial score (nSPS) is 21.3. The number of carbonyl (C=O) groups is 1. The molecule has 2 aliphatic heterocycles. The van der Waals surface area contributed by atoms with E-state index in [9.17, 15) is 15.2 Å². The van der Waals surface area contributed by atoms with Gasteiger partial charge in [-0.1, -0.05) is 20.8 Å². The second-order valence-corrected chi connectivity index (χ2v) is 12.3. The van der Waals surface area contributed by atoms with Crippen molar-refractivity contribution in [3.63, 3.8) is 0 Å². The van der Waals surface area contributed by atoms with Crippen LogP contribution in [0, 0.1) is 22.2 Å². The molecule has 4 aromatic rings. The maximum Gasteiger partial charge on any atom is 0.407 e. The van der Waals surface area contributed by atoms with Gasteiger partial charge in [0.2, 0.25) is 0 Å². The SMILES string of the molecule is Cn1cc(-c2cc(-c3ccc(N4CCC5(CCCN(C(=O)O)C5)C4C(C)(C)C)nc3)c3c(C#N)cnn3c2)cn1. The average Bonchev–Trinajstić information content (AvgIpc) is 3.65. The molecule has 2 aliphatic rings. The van der Waals surface area contributed by atoms with Crippen LogP contribution in [0.4, 0.5) is 10.6 Å². The molecule has 2 atom stereocenters. The number of likely N-dealkylation sites (tertiary alicyclic amines) is 1. The van der Waals surface area contributed by atoms with Gasteiger partial charge < -0.3 is 14.9 Å². The number of nitrogens with zero attached hydrogens (tertiary/aromatic N) is 8. The zero-order valence-electron chi connectivity index (χ0n) is 23.4. The van der Waals surface area contributed by atoms with Gasteiger partial charge in [-0.05, 0) is 42.9 Å². The Balaban J connectivity index is 1.39. The Bertz CT molecular complexity index is 1620. The zero-order chi connectivity index (χ0) is 28.2. The predicted molar refractivity (Wildman–Crippen MR) is 152 cm³/mol. The van der Waals surface area contributed by atoms with Gasteiger partial charge in [0.1, 0.15) is 11.9 Å². The molecule has 0 aliphatic carbocycles. The molecule has 6 rings (SSSR count). The molecule has 2 fully saturated rings. The summed E-state index contributed by atoms with van der Waals surface area (Å²) in [6.45, 7) is 8.74. The summed E-state index contributed by atoms with van der Waals surface area (Å²) in [5.41, 5.74) is 4.77. The molecule has 40 heavy (non-hydrogen) atoms. The van der Waals surface area contributed by atoms with Crippen molar-refractivity contribution in [1.29, 1.82) is 5.26 Å². The highest BCUT2D eigenvalue weighted by atomic mass is 16.4. The van der Waals surface area contributed by atoms with Crippen LogP contribution in [-0.2, 0) is 7.05 Å². The fourth-order valence-corrected chi connectivity index (χ4v) is 7.19. The maximum atomic E-state index is 11.9. The van der Waals surface area contributed by atoms with Crippen molar-refractivity contribution in [2.24, 2.45) is 17.9 Å². The van der Waals surface area contributed by atoms with Crippen LogP contribution in [0.15, 0.2) is 49.2 Å². The third-order valence-electron chi connectivity index (χ3n) is 8.57. The number of rotatable bonds is 3. The number of carboxylic acid groups (broad SMARTS) is 1. The number of amides is 1. The summed E-state index contributed by atoms with van der Waals surface area (Å²) >= 11 is 0. The fourth-order valence-electron chi connectivity index (χ4n) is 7.19. The maximum absolute atomic E-state index is 11.9. The van der Waals surface area contributed by atoms with Gasteiger partial charge >= 0.3 is 6.09 Å². The standard InChI is InChI=1S/C30H34N8O2/c1-29(2,3)27-30(8-5-10-36(19-30)28(39)40)9-11-37(27)25-7-6-20(14-32-25)24-12-21(23-16-33-35(4)17-23)18-38-26(24)22(13-31)15-34-38/h6-7,12,14-18,27H,5,8-11,19H2,1-4H3,(H,39,40). The number of fused-ring (bicyclic) bond motifs is 1. The topological polar surface area (TPSA) is 116 Å². The van der Waals surface area contributed by atoms with E-state index in [0.717, 1.165) is 59.4 Å². The molecule has 1 amide bonds. The molecule has 10 nitrogen and oxygen atoms in total. The summed E-state index contributed by atoms with van der Waals surface area (Å²) < 4.78 is 3.51. The summed E-state index contributed by atoms with van der Waals surface area (Å²) in [5.74, 6) is 0.890. The van der Waals surface area contributed by atoms with Crippen molar-refractivity contribution in [3.05, 3.63) is 54.7 Å². The van der Waals surface area contributed by atoms with Crippen molar-refractivity contribution >= 4 is 17.4 Å². The highest BCUT2D eigenvalue weighted by Gasteiger charge is 2.54. The Morgan fingerprint density at radius 1 is 1.07 bits per heavy atom.